The molecule has 1 heterocycles. The quantitative estimate of drug-likeness (QED) is 0.409. The molecule has 0 aliphatic carbocycles. The van der Waals surface area contributed by atoms with Gasteiger partial charge >= 0.3 is 0 Å². The van der Waals surface area contributed by atoms with Crippen LogP contribution in [0.25, 0.3) is 10.9 Å². The Morgan fingerprint density at radius 1 is 1.03 bits per heavy atom. The number of nitrogens with one attached hydrogen (secondary N) is 2. The Morgan fingerprint density at radius 3 is 2.35 bits per heavy atom. The van der Waals surface area contributed by atoms with Crippen molar-refractivity contribution in [3.8, 4) is 0 Å². The summed E-state index contributed by atoms with van der Waals surface area (Å²) in [6, 6.07) is 6.20. The summed E-state index contributed by atoms with van der Waals surface area (Å²) < 4.78 is 0. The number of fused-ring (bicyclic) bond motifs is 1. The summed E-state index contributed by atoms with van der Waals surface area (Å²) >= 11 is 5.73. The molecule has 0 aliphatic heterocycles. The van der Waals surface area contributed by atoms with Gasteiger partial charge in [0.2, 0.25) is 0 Å². The molecule has 0 radical (unpaired) electrons. The standard InChI is InChI=1S/C24H39N5OS/c1-7-28(8-2)12-13-29(24(31)25-10-9-11-27(5)6)17-21-16-20-14-18(3)19(4)15-22(20)26-23(21)30/h14-16H,7-13,17H2,1-6H3,(H,25,31)(H,26,30). The third-order valence-corrected chi connectivity index (χ3v) is 6.23. The van der Waals surface area contributed by atoms with E-state index >= 15 is 0 Å². The van der Waals surface area contributed by atoms with Gasteiger partial charge in [0.05, 0.1) is 6.54 Å². The largest absolute Gasteiger partial charge is 0.363 e. The van der Waals surface area contributed by atoms with Crippen molar-refractivity contribution < 1.29 is 0 Å². The zero-order valence-corrected chi connectivity index (χ0v) is 20.9. The first kappa shape index (κ1) is 25.3. The first-order valence-corrected chi connectivity index (χ1v) is 11.7. The third kappa shape index (κ3) is 7.59. The molecule has 1 aromatic heterocycles. The van der Waals surface area contributed by atoms with Gasteiger partial charge < -0.3 is 25.0 Å². The summed E-state index contributed by atoms with van der Waals surface area (Å²) in [4.78, 5) is 22.5. The van der Waals surface area contributed by atoms with E-state index in [1.54, 1.807) is 0 Å². The van der Waals surface area contributed by atoms with Crippen molar-refractivity contribution in [2.75, 3.05) is 53.4 Å². The number of likely N-dealkylation sites (N-methyl/N-ethyl adjacent to an activating group) is 1. The molecule has 0 unspecified atom stereocenters. The Bertz CT molecular complexity index is 920. The summed E-state index contributed by atoms with van der Waals surface area (Å²) in [5.74, 6) is 0. The van der Waals surface area contributed by atoms with E-state index in [4.69, 9.17) is 12.2 Å². The van der Waals surface area contributed by atoms with Gasteiger partial charge in [-0.1, -0.05) is 13.8 Å². The molecule has 2 N–H and O–H groups in total. The van der Waals surface area contributed by atoms with Crippen LogP contribution in [0, 0.1) is 13.8 Å². The van der Waals surface area contributed by atoms with E-state index in [0.717, 1.165) is 62.2 Å². The first-order chi connectivity index (χ1) is 14.7. The van der Waals surface area contributed by atoms with Crippen molar-refractivity contribution in [2.45, 2.75) is 40.7 Å². The lowest BCUT2D eigenvalue weighted by Crippen LogP contribution is -2.44. The molecule has 0 saturated carbocycles. The van der Waals surface area contributed by atoms with Gasteiger partial charge in [0.25, 0.3) is 5.56 Å². The van der Waals surface area contributed by atoms with Gasteiger partial charge in [-0.15, -0.1) is 0 Å². The second-order valence-corrected chi connectivity index (χ2v) is 8.87. The van der Waals surface area contributed by atoms with Gasteiger partial charge in [0.1, 0.15) is 0 Å². The fourth-order valence-electron chi connectivity index (χ4n) is 3.60. The van der Waals surface area contributed by atoms with Crippen LogP contribution in [-0.4, -0.2) is 78.2 Å². The van der Waals surface area contributed by atoms with E-state index in [-0.39, 0.29) is 5.56 Å². The summed E-state index contributed by atoms with van der Waals surface area (Å²) in [7, 11) is 4.15. The van der Waals surface area contributed by atoms with Gasteiger partial charge in [0.15, 0.2) is 5.11 Å². The third-order valence-electron chi connectivity index (χ3n) is 5.82. The number of aromatic amines is 1. The number of hydrogen-bond donors (Lipinski definition) is 2. The van der Waals surface area contributed by atoms with Crippen LogP contribution >= 0.6 is 12.2 Å². The fraction of sp³-hybridized carbons (Fsp3) is 0.583. The summed E-state index contributed by atoms with van der Waals surface area (Å²) in [5.41, 5.74) is 3.99. The maximum Gasteiger partial charge on any atom is 0.253 e. The maximum absolute atomic E-state index is 12.8. The number of rotatable bonds is 11. The van der Waals surface area contributed by atoms with Crippen LogP contribution < -0.4 is 10.9 Å². The molecular formula is C24H39N5OS. The Balaban J connectivity index is 2.20. The number of aryl methyl sites for hydroxylation is 2. The summed E-state index contributed by atoms with van der Waals surface area (Å²) in [5, 5.41) is 5.17. The van der Waals surface area contributed by atoms with E-state index in [1.165, 1.54) is 11.1 Å². The van der Waals surface area contributed by atoms with Gasteiger partial charge in [-0.2, -0.15) is 0 Å². The average Bonchev–Trinajstić information content (AvgIpc) is 2.72. The van der Waals surface area contributed by atoms with Gasteiger partial charge in [0, 0.05) is 30.7 Å². The predicted octanol–water partition coefficient (Wildman–Crippen LogP) is 3.11. The molecule has 172 valence electrons. The predicted molar refractivity (Wildman–Crippen MR) is 136 cm³/mol. The highest BCUT2D eigenvalue weighted by Gasteiger charge is 2.15. The molecule has 0 atom stereocenters. The Hall–Kier alpha value is -1.96. The number of hydrogen-bond acceptors (Lipinski definition) is 4. The number of benzene rings is 1. The first-order valence-electron chi connectivity index (χ1n) is 11.3. The highest BCUT2D eigenvalue weighted by atomic mass is 32.1. The Labute approximate surface area is 192 Å². The number of aromatic nitrogens is 1. The van der Waals surface area contributed by atoms with Crippen molar-refractivity contribution in [1.82, 2.24) is 25.0 Å². The molecule has 31 heavy (non-hydrogen) atoms. The van der Waals surface area contributed by atoms with E-state index in [1.807, 2.05) is 12.1 Å². The molecule has 0 spiro atoms. The van der Waals surface area contributed by atoms with Crippen molar-refractivity contribution in [3.05, 3.63) is 45.2 Å². The lowest BCUT2D eigenvalue weighted by atomic mass is 10.0. The van der Waals surface area contributed by atoms with Crippen LogP contribution in [0.15, 0.2) is 23.0 Å². The maximum atomic E-state index is 12.8. The minimum Gasteiger partial charge on any atom is -0.363 e. The van der Waals surface area contributed by atoms with Crippen LogP contribution in [0.5, 0.6) is 0 Å². The molecule has 2 rings (SSSR count). The minimum atomic E-state index is -0.0426. The van der Waals surface area contributed by atoms with Crippen LogP contribution in [0.4, 0.5) is 0 Å². The molecular weight excluding hydrogens is 406 g/mol. The molecule has 0 fully saturated rings. The Kier molecular flexibility index (Phi) is 9.93. The zero-order valence-electron chi connectivity index (χ0n) is 20.0. The summed E-state index contributed by atoms with van der Waals surface area (Å²) in [6.07, 6.45) is 1.02. The second-order valence-electron chi connectivity index (χ2n) is 8.48. The van der Waals surface area contributed by atoms with Crippen molar-refractivity contribution in [1.29, 1.82) is 0 Å². The molecule has 0 bridgehead atoms. The van der Waals surface area contributed by atoms with Crippen LogP contribution in [-0.2, 0) is 6.54 Å². The normalized spacial score (nSPS) is 11.5. The molecule has 0 amide bonds. The number of pyridine rings is 1. The smallest absolute Gasteiger partial charge is 0.253 e. The number of thiocarbonyl (C=S) groups is 1. The highest BCUT2D eigenvalue weighted by Crippen LogP contribution is 2.18. The van der Waals surface area contributed by atoms with Crippen LogP contribution in [0.1, 0.15) is 37.0 Å². The molecule has 6 nitrogen and oxygen atoms in total. The summed E-state index contributed by atoms with van der Waals surface area (Å²) in [6.45, 7) is 14.5. The minimum absolute atomic E-state index is 0.0426. The van der Waals surface area contributed by atoms with E-state index < -0.39 is 0 Å². The lowest BCUT2D eigenvalue weighted by Gasteiger charge is -2.29. The molecule has 0 saturated heterocycles. The number of nitrogens with zero attached hydrogens (tertiary/aromatic N) is 3. The van der Waals surface area contributed by atoms with Crippen molar-refractivity contribution >= 4 is 28.2 Å². The molecule has 7 heteroatoms. The van der Waals surface area contributed by atoms with E-state index in [0.29, 0.717) is 11.7 Å². The molecule has 1 aromatic carbocycles. The average molecular weight is 446 g/mol. The van der Waals surface area contributed by atoms with Gasteiger partial charge in [-0.3, -0.25) is 4.79 Å². The SMILES string of the molecule is CCN(CC)CCN(Cc1cc2cc(C)c(C)cc2[nH]c1=O)C(=S)NCCCN(C)C. The van der Waals surface area contributed by atoms with Crippen molar-refractivity contribution in [3.63, 3.8) is 0 Å². The second kappa shape index (κ2) is 12.2. The monoisotopic (exact) mass is 445 g/mol. The highest BCUT2D eigenvalue weighted by molar-refractivity contribution is 7.80. The van der Waals surface area contributed by atoms with Gasteiger partial charge in [-0.25, -0.2) is 0 Å². The van der Waals surface area contributed by atoms with E-state index in [2.05, 4.69) is 72.9 Å². The van der Waals surface area contributed by atoms with E-state index in [9.17, 15) is 4.79 Å². The van der Waals surface area contributed by atoms with Gasteiger partial charge in [-0.05, 0) is 101 Å². The number of H-pyrrole nitrogens is 1. The topological polar surface area (TPSA) is 54.6 Å². The Morgan fingerprint density at radius 2 is 1.71 bits per heavy atom. The molecule has 2 aromatic rings. The van der Waals surface area contributed by atoms with Crippen LogP contribution in [0.3, 0.4) is 0 Å². The van der Waals surface area contributed by atoms with Crippen LogP contribution in [0.2, 0.25) is 0 Å². The lowest BCUT2D eigenvalue weighted by molar-refractivity contribution is 0.263. The van der Waals surface area contributed by atoms with Crippen molar-refractivity contribution in [2.24, 2.45) is 0 Å². The molecule has 0 aliphatic rings. The zero-order chi connectivity index (χ0) is 23.0. The fourth-order valence-corrected chi connectivity index (χ4v) is 3.86.